The number of rotatable bonds is 9. The molecule has 1 aromatic heterocycles. The predicted molar refractivity (Wildman–Crippen MR) is 134 cm³/mol. The number of methoxy groups -OCH3 is 1. The number of allylic oxidation sites excluding steroid dienone is 1. The lowest BCUT2D eigenvalue weighted by Gasteiger charge is -2.23. The Morgan fingerprint density at radius 2 is 1.84 bits per heavy atom. The number of benzene rings is 1. The summed E-state index contributed by atoms with van der Waals surface area (Å²) in [4.78, 5) is 16.6. The number of para-hydroxylation sites is 1. The van der Waals surface area contributed by atoms with E-state index in [0.29, 0.717) is 23.0 Å². The smallest absolute Gasteiger partial charge is 0.175 e. The molecule has 0 atom stereocenters. The van der Waals surface area contributed by atoms with Crippen LogP contribution in [0.2, 0.25) is 0 Å². The quantitative estimate of drug-likeness (QED) is 0.603. The van der Waals surface area contributed by atoms with Crippen LogP contribution in [-0.2, 0) is 0 Å². The minimum atomic E-state index is 0.556. The molecule has 0 saturated carbocycles. The lowest BCUT2D eigenvalue weighted by molar-refractivity contribution is 0.414. The Balaban J connectivity index is 2.05. The van der Waals surface area contributed by atoms with Crippen molar-refractivity contribution in [2.45, 2.75) is 40.5 Å². The predicted octanol–water partition coefficient (Wildman–Crippen LogP) is 5.04. The number of hydrogen-bond donors (Lipinski definition) is 1. The molecule has 0 unspecified atom stereocenters. The number of hydrazone groups is 1. The highest BCUT2D eigenvalue weighted by Crippen LogP contribution is 2.25. The Hall–Kier alpha value is -3.48. The Bertz CT molecular complexity index is 1060. The number of anilines is 1. The SMILES string of the molecule is C=C(C)N=C1NN=C(c2ccccc2OC)C1=Nc1ccc(N(CCC)CCC)nc1C. The molecule has 0 bridgehead atoms. The van der Waals surface area contributed by atoms with Crippen molar-refractivity contribution in [3.05, 3.63) is 59.9 Å². The van der Waals surface area contributed by atoms with E-state index in [-0.39, 0.29) is 0 Å². The summed E-state index contributed by atoms with van der Waals surface area (Å²) >= 11 is 0. The van der Waals surface area contributed by atoms with Crippen molar-refractivity contribution in [3.8, 4) is 5.75 Å². The number of ether oxygens (including phenoxy) is 1. The first kappa shape index (κ1) is 23.2. The van der Waals surface area contributed by atoms with Crippen LogP contribution in [0, 0.1) is 6.92 Å². The van der Waals surface area contributed by atoms with Crippen LogP contribution in [0.3, 0.4) is 0 Å². The van der Waals surface area contributed by atoms with Gasteiger partial charge in [-0.3, -0.25) is 5.43 Å². The highest BCUT2D eigenvalue weighted by Gasteiger charge is 2.27. The zero-order chi connectivity index (χ0) is 23.1. The van der Waals surface area contributed by atoms with Gasteiger partial charge in [0.15, 0.2) is 5.84 Å². The van der Waals surface area contributed by atoms with Crippen LogP contribution in [0.1, 0.15) is 44.9 Å². The van der Waals surface area contributed by atoms with Crippen LogP contribution in [-0.4, -0.2) is 42.4 Å². The normalized spacial score (nSPS) is 15.6. The van der Waals surface area contributed by atoms with E-state index in [4.69, 9.17) is 14.7 Å². The van der Waals surface area contributed by atoms with E-state index in [1.165, 1.54) is 0 Å². The largest absolute Gasteiger partial charge is 0.496 e. The number of nitrogens with one attached hydrogen (secondary N) is 1. The fraction of sp³-hybridized carbons (Fsp3) is 0.360. The molecule has 1 aliphatic rings. The number of pyridine rings is 1. The molecular formula is C25H32N6O. The second kappa shape index (κ2) is 10.7. The third kappa shape index (κ3) is 5.22. The van der Waals surface area contributed by atoms with Crippen molar-refractivity contribution < 1.29 is 4.74 Å². The molecule has 3 rings (SSSR count). The first-order chi connectivity index (χ1) is 15.5. The maximum absolute atomic E-state index is 5.55. The van der Waals surface area contributed by atoms with Crippen LogP contribution in [0.5, 0.6) is 5.75 Å². The van der Waals surface area contributed by atoms with Crippen molar-refractivity contribution in [2.24, 2.45) is 15.1 Å². The van der Waals surface area contributed by atoms with E-state index < -0.39 is 0 Å². The van der Waals surface area contributed by atoms with E-state index in [1.54, 1.807) is 7.11 Å². The standard InChI is InChI=1S/C25H32N6O/c1-7-15-31(16-8-2)22-14-13-20(18(5)27-22)28-24-23(29-30-25(24)26-17(3)4)19-11-9-10-12-21(19)32-6/h9-14H,3,7-8,15-16H2,1-2,4-6H3,(H,26,28,30). The summed E-state index contributed by atoms with van der Waals surface area (Å²) in [6, 6.07) is 11.8. The molecule has 1 N–H and O–H groups in total. The number of amidine groups is 1. The van der Waals surface area contributed by atoms with Crippen LogP contribution in [0.4, 0.5) is 11.5 Å². The van der Waals surface area contributed by atoms with Gasteiger partial charge in [0.05, 0.1) is 18.5 Å². The average molecular weight is 433 g/mol. The Morgan fingerprint density at radius 1 is 1.12 bits per heavy atom. The number of aliphatic imine (C=N–C) groups is 2. The highest BCUT2D eigenvalue weighted by atomic mass is 16.5. The minimum Gasteiger partial charge on any atom is -0.496 e. The molecule has 0 fully saturated rings. The van der Waals surface area contributed by atoms with Crippen LogP contribution in [0.25, 0.3) is 0 Å². The van der Waals surface area contributed by atoms with Crippen molar-refractivity contribution in [3.63, 3.8) is 0 Å². The van der Waals surface area contributed by atoms with E-state index in [1.807, 2.05) is 50.2 Å². The summed E-state index contributed by atoms with van der Waals surface area (Å²) in [6.45, 7) is 14.1. The maximum atomic E-state index is 5.55. The first-order valence-corrected chi connectivity index (χ1v) is 11.0. The van der Waals surface area contributed by atoms with Crippen molar-refractivity contribution in [1.82, 2.24) is 10.4 Å². The van der Waals surface area contributed by atoms with Gasteiger partial charge in [0.25, 0.3) is 0 Å². The van der Waals surface area contributed by atoms with Gasteiger partial charge in [-0.1, -0.05) is 32.6 Å². The van der Waals surface area contributed by atoms with Crippen molar-refractivity contribution in [1.29, 1.82) is 0 Å². The van der Waals surface area contributed by atoms with Gasteiger partial charge < -0.3 is 9.64 Å². The monoisotopic (exact) mass is 432 g/mol. The van der Waals surface area contributed by atoms with Gasteiger partial charge in [0.2, 0.25) is 0 Å². The van der Waals surface area contributed by atoms with Crippen LogP contribution in [0.15, 0.2) is 63.8 Å². The molecule has 2 aromatic rings. The molecule has 2 heterocycles. The van der Waals surface area contributed by atoms with Gasteiger partial charge in [-0.15, -0.1) is 0 Å². The molecule has 0 saturated heterocycles. The summed E-state index contributed by atoms with van der Waals surface area (Å²) in [7, 11) is 1.65. The second-order valence-corrected chi connectivity index (χ2v) is 7.69. The fourth-order valence-corrected chi connectivity index (χ4v) is 3.57. The summed E-state index contributed by atoms with van der Waals surface area (Å²) in [5.74, 6) is 2.26. The van der Waals surface area contributed by atoms with Crippen LogP contribution >= 0.6 is 0 Å². The summed E-state index contributed by atoms with van der Waals surface area (Å²) in [5.41, 5.74) is 7.44. The lowest BCUT2D eigenvalue weighted by atomic mass is 10.0. The fourth-order valence-electron chi connectivity index (χ4n) is 3.57. The highest BCUT2D eigenvalue weighted by molar-refractivity contribution is 6.73. The summed E-state index contributed by atoms with van der Waals surface area (Å²) in [5, 5.41) is 4.51. The van der Waals surface area contributed by atoms with Gasteiger partial charge in [0, 0.05) is 24.4 Å². The molecule has 0 aliphatic carbocycles. The Labute approximate surface area is 190 Å². The third-order valence-electron chi connectivity index (χ3n) is 4.97. The summed E-state index contributed by atoms with van der Waals surface area (Å²) in [6.07, 6.45) is 2.16. The first-order valence-electron chi connectivity index (χ1n) is 11.0. The zero-order valence-electron chi connectivity index (χ0n) is 19.6. The second-order valence-electron chi connectivity index (χ2n) is 7.69. The topological polar surface area (TPSA) is 74.5 Å². The molecule has 168 valence electrons. The number of nitrogens with zero attached hydrogens (tertiary/aromatic N) is 5. The van der Waals surface area contributed by atoms with E-state index in [9.17, 15) is 0 Å². The Morgan fingerprint density at radius 3 is 2.47 bits per heavy atom. The van der Waals surface area contributed by atoms with E-state index >= 15 is 0 Å². The molecular weight excluding hydrogens is 400 g/mol. The van der Waals surface area contributed by atoms with Gasteiger partial charge in [-0.05, 0) is 51.0 Å². The van der Waals surface area contributed by atoms with Gasteiger partial charge in [-0.2, -0.15) is 5.10 Å². The van der Waals surface area contributed by atoms with Gasteiger partial charge >= 0.3 is 0 Å². The summed E-state index contributed by atoms with van der Waals surface area (Å²) < 4.78 is 5.55. The third-order valence-corrected chi connectivity index (χ3v) is 4.97. The molecule has 0 amide bonds. The minimum absolute atomic E-state index is 0.556. The molecule has 7 nitrogen and oxygen atoms in total. The van der Waals surface area contributed by atoms with E-state index in [2.05, 4.69) is 40.8 Å². The Kier molecular flexibility index (Phi) is 7.76. The molecule has 1 aromatic carbocycles. The number of hydrogen-bond acceptors (Lipinski definition) is 6. The molecule has 32 heavy (non-hydrogen) atoms. The molecule has 0 spiro atoms. The number of aromatic nitrogens is 1. The van der Waals surface area contributed by atoms with Crippen molar-refractivity contribution >= 4 is 28.8 Å². The molecule has 7 heteroatoms. The average Bonchev–Trinajstić information content (AvgIpc) is 3.16. The van der Waals surface area contributed by atoms with Gasteiger partial charge in [-0.25, -0.2) is 15.0 Å². The zero-order valence-corrected chi connectivity index (χ0v) is 19.6. The molecule has 0 radical (unpaired) electrons. The molecule has 1 aliphatic heterocycles. The maximum Gasteiger partial charge on any atom is 0.175 e. The van der Waals surface area contributed by atoms with Crippen LogP contribution < -0.4 is 15.1 Å². The number of aryl methyl sites for hydroxylation is 1. The lowest BCUT2D eigenvalue weighted by Crippen LogP contribution is -2.26. The van der Waals surface area contributed by atoms with E-state index in [0.717, 1.165) is 54.4 Å². The van der Waals surface area contributed by atoms with Gasteiger partial charge in [0.1, 0.15) is 23.0 Å². The van der Waals surface area contributed by atoms with Crippen molar-refractivity contribution in [2.75, 3.05) is 25.1 Å².